The highest BCUT2D eigenvalue weighted by Gasteiger charge is 2.27. The Hall–Kier alpha value is -3.45. The lowest BCUT2D eigenvalue weighted by atomic mass is 10.1. The van der Waals surface area contributed by atoms with E-state index in [9.17, 15) is 4.79 Å². The van der Waals surface area contributed by atoms with E-state index in [0.717, 1.165) is 22.7 Å². The van der Waals surface area contributed by atoms with Crippen LogP contribution in [0.1, 0.15) is 33.4 Å². The Morgan fingerprint density at radius 2 is 2.10 bits per heavy atom. The number of methoxy groups -OCH3 is 1. The summed E-state index contributed by atoms with van der Waals surface area (Å²) in [7, 11) is 3.45. The highest BCUT2D eigenvalue weighted by Crippen LogP contribution is 2.23. The number of carbonyl (C=O) groups excluding carboxylic acids is 1. The maximum absolute atomic E-state index is 13.0. The van der Waals surface area contributed by atoms with E-state index in [4.69, 9.17) is 14.5 Å². The zero-order valence-electron chi connectivity index (χ0n) is 17.7. The van der Waals surface area contributed by atoms with E-state index in [0.29, 0.717) is 37.5 Å². The van der Waals surface area contributed by atoms with Gasteiger partial charge in [-0.2, -0.15) is 0 Å². The summed E-state index contributed by atoms with van der Waals surface area (Å²) >= 11 is 0. The first-order valence-corrected chi connectivity index (χ1v) is 10.3. The summed E-state index contributed by atoms with van der Waals surface area (Å²) in [6.07, 6.45) is 2.08. The number of pyridine rings is 2. The van der Waals surface area contributed by atoms with Crippen molar-refractivity contribution in [3.8, 4) is 5.75 Å². The molecule has 1 aliphatic heterocycles. The number of benzene rings is 1. The van der Waals surface area contributed by atoms with Crippen LogP contribution in [0, 0.1) is 0 Å². The van der Waals surface area contributed by atoms with E-state index in [1.165, 1.54) is 0 Å². The van der Waals surface area contributed by atoms with Gasteiger partial charge in [-0.1, -0.05) is 18.2 Å². The van der Waals surface area contributed by atoms with Crippen LogP contribution in [0.2, 0.25) is 0 Å². The van der Waals surface area contributed by atoms with Crippen LogP contribution in [-0.4, -0.2) is 54.6 Å². The second-order valence-corrected chi connectivity index (χ2v) is 7.37. The molecule has 0 unspecified atom stereocenters. The predicted molar refractivity (Wildman–Crippen MR) is 118 cm³/mol. The fourth-order valence-electron chi connectivity index (χ4n) is 3.66. The minimum absolute atomic E-state index is 0.0280. The van der Waals surface area contributed by atoms with Gasteiger partial charge in [0.25, 0.3) is 5.91 Å². The van der Waals surface area contributed by atoms with Gasteiger partial charge in [-0.05, 0) is 42.0 Å². The zero-order valence-corrected chi connectivity index (χ0v) is 17.7. The van der Waals surface area contributed by atoms with Gasteiger partial charge < -0.3 is 19.7 Å². The van der Waals surface area contributed by atoms with E-state index < -0.39 is 0 Å². The molecular formula is C24H26N4O3. The summed E-state index contributed by atoms with van der Waals surface area (Å²) in [5.41, 5.74) is 3.53. The fraction of sp³-hybridized carbons (Fsp3) is 0.292. The SMILES string of the molecule is CNc1cc(C(=O)N2CCO[C@@H](c3cccc(Cc4cccc(OC)c4)n3)C2)ccn1. The van der Waals surface area contributed by atoms with E-state index in [1.54, 1.807) is 32.5 Å². The van der Waals surface area contributed by atoms with Gasteiger partial charge in [0, 0.05) is 37.5 Å². The molecule has 1 aliphatic rings. The van der Waals surface area contributed by atoms with Gasteiger partial charge in [0.05, 0.1) is 26.0 Å². The number of carbonyl (C=O) groups is 1. The second-order valence-electron chi connectivity index (χ2n) is 7.37. The van der Waals surface area contributed by atoms with Crippen LogP contribution >= 0.6 is 0 Å². The average molecular weight is 418 g/mol. The van der Waals surface area contributed by atoms with E-state index in [-0.39, 0.29) is 12.0 Å². The van der Waals surface area contributed by atoms with Crippen LogP contribution in [0.5, 0.6) is 5.75 Å². The lowest BCUT2D eigenvalue weighted by molar-refractivity contribution is -0.0247. The van der Waals surface area contributed by atoms with Gasteiger partial charge in [0.1, 0.15) is 17.7 Å². The minimum atomic E-state index is -0.256. The van der Waals surface area contributed by atoms with Crippen molar-refractivity contribution >= 4 is 11.7 Å². The second kappa shape index (κ2) is 9.57. The fourth-order valence-corrected chi connectivity index (χ4v) is 3.66. The topological polar surface area (TPSA) is 76.6 Å². The van der Waals surface area contributed by atoms with Gasteiger partial charge in [0.2, 0.25) is 0 Å². The van der Waals surface area contributed by atoms with Gasteiger partial charge >= 0.3 is 0 Å². The first-order valence-electron chi connectivity index (χ1n) is 10.3. The third kappa shape index (κ3) is 5.00. The molecule has 1 atom stereocenters. The summed E-state index contributed by atoms with van der Waals surface area (Å²) < 4.78 is 11.3. The zero-order chi connectivity index (χ0) is 21.6. The molecule has 4 rings (SSSR count). The van der Waals surface area contributed by atoms with Crippen LogP contribution in [0.4, 0.5) is 5.82 Å². The van der Waals surface area contributed by atoms with Gasteiger partial charge in [-0.25, -0.2) is 4.98 Å². The molecule has 160 valence electrons. The summed E-state index contributed by atoms with van der Waals surface area (Å²) in [5.74, 6) is 1.47. The molecule has 3 aromatic rings. The van der Waals surface area contributed by atoms with Crippen molar-refractivity contribution in [1.82, 2.24) is 14.9 Å². The van der Waals surface area contributed by atoms with Gasteiger partial charge in [-0.15, -0.1) is 0 Å². The lowest BCUT2D eigenvalue weighted by Crippen LogP contribution is -2.42. The Kier molecular flexibility index (Phi) is 6.43. The normalized spacial score (nSPS) is 16.1. The molecule has 1 N–H and O–H groups in total. The number of nitrogens with zero attached hydrogens (tertiary/aromatic N) is 3. The molecule has 31 heavy (non-hydrogen) atoms. The molecule has 2 aromatic heterocycles. The standard InChI is InChI=1S/C24H26N4O3/c1-25-23-15-18(9-10-26-23)24(29)28-11-12-31-22(16-28)21-8-4-6-19(27-21)13-17-5-3-7-20(14-17)30-2/h3-10,14-15,22H,11-13,16H2,1-2H3,(H,25,26)/t22-/m1/s1. The number of aromatic nitrogens is 2. The number of hydrogen-bond donors (Lipinski definition) is 1. The summed E-state index contributed by atoms with van der Waals surface area (Å²) in [4.78, 5) is 23.8. The Morgan fingerprint density at radius 1 is 1.23 bits per heavy atom. The monoisotopic (exact) mass is 418 g/mol. The molecule has 0 saturated carbocycles. The molecule has 0 aliphatic carbocycles. The molecule has 1 amide bonds. The van der Waals surface area contributed by atoms with Crippen LogP contribution in [-0.2, 0) is 11.2 Å². The number of nitrogens with one attached hydrogen (secondary N) is 1. The van der Waals surface area contributed by atoms with Crippen LogP contribution in [0.25, 0.3) is 0 Å². The number of amides is 1. The quantitative estimate of drug-likeness (QED) is 0.662. The molecule has 3 heterocycles. The Balaban J connectivity index is 1.48. The van der Waals surface area contributed by atoms with Gasteiger partial charge in [0.15, 0.2) is 0 Å². The molecule has 0 spiro atoms. The van der Waals surface area contributed by atoms with E-state index in [1.807, 2.05) is 41.3 Å². The van der Waals surface area contributed by atoms with Crippen molar-refractivity contribution in [1.29, 1.82) is 0 Å². The van der Waals surface area contributed by atoms with E-state index in [2.05, 4.69) is 16.4 Å². The third-order valence-corrected chi connectivity index (χ3v) is 5.29. The lowest BCUT2D eigenvalue weighted by Gasteiger charge is -2.33. The molecule has 0 bridgehead atoms. The molecule has 1 saturated heterocycles. The number of hydrogen-bond acceptors (Lipinski definition) is 6. The first kappa shape index (κ1) is 20.8. The Morgan fingerprint density at radius 3 is 2.94 bits per heavy atom. The van der Waals surface area contributed by atoms with Crippen LogP contribution in [0.3, 0.4) is 0 Å². The number of anilines is 1. The number of morpholine rings is 1. The summed E-state index contributed by atoms with van der Waals surface area (Å²) in [6, 6.07) is 17.4. The van der Waals surface area contributed by atoms with Crippen molar-refractivity contribution in [3.63, 3.8) is 0 Å². The first-order chi connectivity index (χ1) is 15.2. The third-order valence-electron chi connectivity index (χ3n) is 5.29. The van der Waals surface area contributed by atoms with Crippen LogP contribution in [0.15, 0.2) is 60.8 Å². The Bertz CT molecular complexity index is 1060. The molecule has 0 radical (unpaired) electrons. The highest BCUT2D eigenvalue weighted by molar-refractivity contribution is 5.94. The van der Waals surface area contributed by atoms with Gasteiger partial charge in [-0.3, -0.25) is 9.78 Å². The maximum atomic E-state index is 13.0. The largest absolute Gasteiger partial charge is 0.497 e. The van der Waals surface area contributed by atoms with Crippen LogP contribution < -0.4 is 10.1 Å². The average Bonchev–Trinajstić information content (AvgIpc) is 2.84. The van der Waals surface area contributed by atoms with Crippen molar-refractivity contribution < 1.29 is 14.3 Å². The molecular weight excluding hydrogens is 392 g/mol. The van der Waals surface area contributed by atoms with Crippen molar-refractivity contribution in [2.75, 3.05) is 39.2 Å². The van der Waals surface area contributed by atoms with Crippen molar-refractivity contribution in [3.05, 3.63) is 83.3 Å². The highest BCUT2D eigenvalue weighted by atomic mass is 16.5. The Labute approximate surface area is 182 Å². The predicted octanol–water partition coefficient (Wildman–Crippen LogP) is 3.33. The van der Waals surface area contributed by atoms with Crippen molar-refractivity contribution in [2.24, 2.45) is 0 Å². The number of rotatable bonds is 6. The number of ether oxygens (including phenoxy) is 2. The summed E-state index contributed by atoms with van der Waals surface area (Å²) in [6.45, 7) is 1.49. The summed E-state index contributed by atoms with van der Waals surface area (Å²) in [5, 5.41) is 2.97. The minimum Gasteiger partial charge on any atom is -0.497 e. The maximum Gasteiger partial charge on any atom is 0.254 e. The molecule has 1 fully saturated rings. The molecule has 7 nitrogen and oxygen atoms in total. The van der Waals surface area contributed by atoms with Crippen molar-refractivity contribution in [2.45, 2.75) is 12.5 Å². The van der Waals surface area contributed by atoms with E-state index >= 15 is 0 Å². The molecule has 1 aromatic carbocycles. The smallest absolute Gasteiger partial charge is 0.254 e. The molecule has 7 heteroatoms.